The molecule has 2 rings (SSSR count). The van der Waals surface area contributed by atoms with Crippen LogP contribution < -0.4 is 5.32 Å². The van der Waals surface area contributed by atoms with Gasteiger partial charge in [-0.15, -0.1) is 0 Å². The van der Waals surface area contributed by atoms with Crippen LogP contribution in [0.5, 0.6) is 0 Å². The third-order valence-corrected chi connectivity index (χ3v) is 3.88. The maximum absolute atomic E-state index is 11.8. The number of likely N-dealkylation sites (tertiary alicyclic amines) is 1. The van der Waals surface area contributed by atoms with Crippen molar-refractivity contribution in [3.05, 3.63) is 0 Å². The first-order chi connectivity index (χ1) is 9.16. The maximum atomic E-state index is 11.8. The van der Waals surface area contributed by atoms with E-state index in [1.54, 1.807) is 4.90 Å². The van der Waals surface area contributed by atoms with E-state index in [0.29, 0.717) is 6.04 Å². The van der Waals surface area contributed by atoms with Crippen molar-refractivity contribution in [2.75, 3.05) is 46.9 Å². The second-order valence-corrected chi connectivity index (χ2v) is 5.91. The Labute approximate surface area is 116 Å². The number of rotatable bonds is 6. The van der Waals surface area contributed by atoms with Gasteiger partial charge in [-0.2, -0.15) is 0 Å². The highest BCUT2D eigenvalue weighted by molar-refractivity contribution is 5.73. The fourth-order valence-electron chi connectivity index (χ4n) is 2.43. The Hall–Kier alpha value is -0.810. The lowest BCUT2D eigenvalue weighted by atomic mass is 10.1. The SMILES string of the molecule is CN(C)C(=O)N1CCC(NCCOCC2CC2)CC1. The first kappa shape index (κ1) is 14.6. The van der Waals surface area contributed by atoms with Crippen LogP contribution in [0.15, 0.2) is 0 Å². The number of nitrogens with one attached hydrogen (secondary N) is 1. The highest BCUT2D eigenvalue weighted by atomic mass is 16.5. The Morgan fingerprint density at radius 1 is 1.26 bits per heavy atom. The lowest BCUT2D eigenvalue weighted by Gasteiger charge is -2.34. The first-order valence-corrected chi connectivity index (χ1v) is 7.44. The summed E-state index contributed by atoms with van der Waals surface area (Å²) in [5.41, 5.74) is 0. The minimum Gasteiger partial charge on any atom is -0.380 e. The molecule has 1 saturated heterocycles. The van der Waals surface area contributed by atoms with Crippen LogP contribution in [0.1, 0.15) is 25.7 Å². The fraction of sp³-hybridized carbons (Fsp3) is 0.929. The van der Waals surface area contributed by atoms with E-state index in [-0.39, 0.29) is 6.03 Å². The van der Waals surface area contributed by atoms with Gasteiger partial charge in [-0.05, 0) is 31.6 Å². The molecule has 19 heavy (non-hydrogen) atoms. The van der Waals surface area contributed by atoms with Gasteiger partial charge in [-0.3, -0.25) is 0 Å². The normalized spacial score (nSPS) is 20.6. The number of hydrogen-bond donors (Lipinski definition) is 1. The van der Waals surface area contributed by atoms with Gasteiger partial charge in [0.25, 0.3) is 0 Å². The van der Waals surface area contributed by atoms with E-state index >= 15 is 0 Å². The summed E-state index contributed by atoms with van der Waals surface area (Å²) in [7, 11) is 3.62. The molecule has 0 unspecified atom stereocenters. The molecule has 2 aliphatic rings. The van der Waals surface area contributed by atoms with Crippen LogP contribution in [0.4, 0.5) is 4.79 Å². The fourth-order valence-corrected chi connectivity index (χ4v) is 2.43. The third kappa shape index (κ3) is 4.99. The Kier molecular flexibility index (Phi) is 5.45. The average Bonchev–Trinajstić information content (AvgIpc) is 3.22. The summed E-state index contributed by atoms with van der Waals surface area (Å²) in [5.74, 6) is 0.847. The van der Waals surface area contributed by atoms with Gasteiger partial charge in [0.2, 0.25) is 0 Å². The molecule has 2 fully saturated rings. The second kappa shape index (κ2) is 7.10. The van der Waals surface area contributed by atoms with Crippen LogP contribution in [0, 0.1) is 5.92 Å². The predicted octanol–water partition coefficient (Wildman–Crippen LogP) is 1.15. The smallest absolute Gasteiger partial charge is 0.319 e. The summed E-state index contributed by atoms with van der Waals surface area (Å²) in [6.45, 7) is 4.40. The molecule has 0 aromatic carbocycles. The summed E-state index contributed by atoms with van der Waals surface area (Å²) in [5, 5.41) is 3.53. The molecule has 0 spiro atoms. The van der Waals surface area contributed by atoms with Crippen LogP contribution in [0.25, 0.3) is 0 Å². The zero-order valence-electron chi connectivity index (χ0n) is 12.2. The average molecular weight is 269 g/mol. The Morgan fingerprint density at radius 2 is 1.95 bits per heavy atom. The van der Waals surface area contributed by atoms with Crippen LogP contribution in [-0.2, 0) is 4.74 Å². The number of carbonyl (C=O) groups excluding carboxylic acids is 1. The molecular formula is C14H27N3O2. The minimum absolute atomic E-state index is 0.131. The quantitative estimate of drug-likeness (QED) is 0.736. The summed E-state index contributed by atoms with van der Waals surface area (Å²) in [6.07, 6.45) is 4.79. The van der Waals surface area contributed by atoms with Crippen molar-refractivity contribution >= 4 is 6.03 Å². The van der Waals surface area contributed by atoms with Crippen molar-refractivity contribution in [3.63, 3.8) is 0 Å². The molecule has 1 heterocycles. The van der Waals surface area contributed by atoms with Crippen LogP contribution >= 0.6 is 0 Å². The molecule has 5 heteroatoms. The number of ether oxygens (including phenoxy) is 1. The molecule has 0 radical (unpaired) electrons. The Morgan fingerprint density at radius 3 is 2.53 bits per heavy atom. The molecule has 2 amide bonds. The van der Waals surface area contributed by atoms with E-state index in [2.05, 4.69) is 5.32 Å². The molecule has 0 atom stereocenters. The zero-order chi connectivity index (χ0) is 13.7. The number of nitrogens with zero attached hydrogens (tertiary/aromatic N) is 2. The van der Waals surface area contributed by atoms with Gasteiger partial charge in [0.1, 0.15) is 0 Å². The largest absolute Gasteiger partial charge is 0.380 e. The zero-order valence-corrected chi connectivity index (χ0v) is 12.2. The van der Waals surface area contributed by atoms with Crippen LogP contribution in [0.3, 0.4) is 0 Å². The number of urea groups is 1. The van der Waals surface area contributed by atoms with E-state index in [4.69, 9.17) is 4.74 Å². The highest BCUT2D eigenvalue weighted by Crippen LogP contribution is 2.28. The van der Waals surface area contributed by atoms with Gasteiger partial charge in [-0.25, -0.2) is 4.79 Å². The van der Waals surface area contributed by atoms with E-state index in [1.807, 2.05) is 19.0 Å². The molecule has 1 saturated carbocycles. The third-order valence-electron chi connectivity index (χ3n) is 3.88. The van der Waals surface area contributed by atoms with Gasteiger partial charge in [0, 0.05) is 46.4 Å². The topological polar surface area (TPSA) is 44.8 Å². The molecule has 1 aliphatic heterocycles. The van der Waals surface area contributed by atoms with Crippen molar-refractivity contribution in [2.24, 2.45) is 5.92 Å². The van der Waals surface area contributed by atoms with Crippen LogP contribution in [0.2, 0.25) is 0 Å². The Balaban J connectivity index is 1.51. The van der Waals surface area contributed by atoms with Gasteiger partial charge in [-0.1, -0.05) is 0 Å². The van der Waals surface area contributed by atoms with Gasteiger partial charge < -0.3 is 19.9 Å². The predicted molar refractivity (Wildman–Crippen MR) is 75.2 cm³/mol. The molecule has 0 aromatic heterocycles. The summed E-state index contributed by atoms with van der Waals surface area (Å²) in [4.78, 5) is 15.4. The maximum Gasteiger partial charge on any atom is 0.319 e. The standard InChI is InChI=1S/C14H27N3O2/c1-16(2)14(18)17-8-5-13(6-9-17)15-7-10-19-11-12-3-4-12/h12-13,15H,3-11H2,1-2H3. The van der Waals surface area contributed by atoms with Gasteiger partial charge in [0.15, 0.2) is 0 Å². The van der Waals surface area contributed by atoms with Crippen molar-refractivity contribution in [1.29, 1.82) is 0 Å². The van der Waals surface area contributed by atoms with E-state index < -0.39 is 0 Å². The molecule has 0 aromatic rings. The molecule has 110 valence electrons. The van der Waals surface area contributed by atoms with Crippen molar-refractivity contribution in [3.8, 4) is 0 Å². The number of piperidine rings is 1. The van der Waals surface area contributed by atoms with Crippen molar-refractivity contribution in [1.82, 2.24) is 15.1 Å². The minimum atomic E-state index is 0.131. The number of hydrogen-bond acceptors (Lipinski definition) is 3. The Bertz CT molecular complexity index is 284. The van der Waals surface area contributed by atoms with E-state index in [1.165, 1.54) is 12.8 Å². The monoisotopic (exact) mass is 269 g/mol. The number of amides is 2. The molecule has 1 aliphatic carbocycles. The lowest BCUT2D eigenvalue weighted by molar-refractivity contribution is 0.118. The van der Waals surface area contributed by atoms with E-state index in [0.717, 1.165) is 51.6 Å². The molecule has 0 bridgehead atoms. The summed E-state index contributed by atoms with van der Waals surface area (Å²) in [6, 6.07) is 0.668. The first-order valence-electron chi connectivity index (χ1n) is 7.44. The highest BCUT2D eigenvalue weighted by Gasteiger charge is 2.23. The summed E-state index contributed by atoms with van der Waals surface area (Å²) < 4.78 is 5.61. The second-order valence-electron chi connectivity index (χ2n) is 5.91. The van der Waals surface area contributed by atoms with Gasteiger partial charge in [0.05, 0.1) is 6.61 Å². The van der Waals surface area contributed by atoms with Crippen LogP contribution in [-0.4, -0.2) is 68.8 Å². The number of carbonyl (C=O) groups is 1. The van der Waals surface area contributed by atoms with Crippen molar-refractivity contribution in [2.45, 2.75) is 31.7 Å². The molecule has 1 N–H and O–H groups in total. The lowest BCUT2D eigenvalue weighted by Crippen LogP contribution is -2.48. The van der Waals surface area contributed by atoms with Crippen molar-refractivity contribution < 1.29 is 9.53 Å². The van der Waals surface area contributed by atoms with E-state index in [9.17, 15) is 4.79 Å². The molecular weight excluding hydrogens is 242 g/mol. The molecule has 5 nitrogen and oxygen atoms in total. The summed E-state index contributed by atoms with van der Waals surface area (Å²) >= 11 is 0. The van der Waals surface area contributed by atoms with Gasteiger partial charge >= 0.3 is 6.03 Å².